The van der Waals surface area contributed by atoms with Gasteiger partial charge in [-0.1, -0.05) is 20.8 Å². The molecule has 1 atom stereocenters. The van der Waals surface area contributed by atoms with Crippen molar-refractivity contribution in [3.8, 4) is 0 Å². The molecule has 0 saturated heterocycles. The number of hydrogen-bond acceptors (Lipinski definition) is 3. The van der Waals surface area contributed by atoms with Gasteiger partial charge in [-0.25, -0.2) is 0 Å². The van der Waals surface area contributed by atoms with Gasteiger partial charge in [0.15, 0.2) is 0 Å². The van der Waals surface area contributed by atoms with E-state index < -0.39 is 0 Å². The smallest absolute Gasteiger partial charge is 0.0641 e. The summed E-state index contributed by atoms with van der Waals surface area (Å²) in [5.74, 6) is 5.42. The quantitative estimate of drug-likeness (QED) is 0.498. The minimum Gasteiger partial charge on any atom is -0.377 e. The summed E-state index contributed by atoms with van der Waals surface area (Å²) in [6.45, 7) is 11.1. The molecule has 0 aromatic carbocycles. The molecule has 0 aliphatic carbocycles. The molecule has 0 radical (unpaired) electrons. The van der Waals surface area contributed by atoms with Crippen LogP contribution in [0.15, 0.2) is 0 Å². The molecule has 0 amide bonds. The summed E-state index contributed by atoms with van der Waals surface area (Å²) in [7, 11) is 0. The average Bonchev–Trinajstić information content (AvgIpc) is 1.85. The van der Waals surface area contributed by atoms with Gasteiger partial charge in [-0.2, -0.15) is 0 Å². The van der Waals surface area contributed by atoms with Gasteiger partial charge in [0.05, 0.1) is 12.7 Å². The highest BCUT2D eigenvalue weighted by Gasteiger charge is 2.23. The van der Waals surface area contributed by atoms with Crippen molar-refractivity contribution in [3.63, 3.8) is 0 Å². The van der Waals surface area contributed by atoms with Gasteiger partial charge in [0.1, 0.15) is 0 Å². The Morgan fingerprint density at radius 3 is 2.08 bits per heavy atom. The number of rotatable bonds is 4. The topological polar surface area (TPSA) is 47.3 Å². The van der Waals surface area contributed by atoms with Crippen LogP contribution in [0.5, 0.6) is 0 Å². The standard InChI is InChI=1S/C9H22N2O/c1-7(2)12-6-8(11-10)9(3,4)5/h7-8,11H,6,10H2,1-5H3. The number of nitrogens with two attached hydrogens (primary N) is 1. The molecule has 74 valence electrons. The Morgan fingerprint density at radius 2 is 1.83 bits per heavy atom. The Hall–Kier alpha value is -0.120. The Kier molecular flexibility index (Phi) is 4.75. The predicted molar refractivity (Wildman–Crippen MR) is 51.7 cm³/mol. The van der Waals surface area contributed by atoms with Crippen molar-refractivity contribution in [1.29, 1.82) is 0 Å². The molecule has 0 fully saturated rings. The van der Waals surface area contributed by atoms with E-state index in [1.807, 2.05) is 13.8 Å². The summed E-state index contributed by atoms with van der Waals surface area (Å²) in [6, 6.07) is 0.208. The molecular formula is C9H22N2O. The molecule has 0 spiro atoms. The number of ether oxygens (including phenoxy) is 1. The van der Waals surface area contributed by atoms with Gasteiger partial charge in [-0.3, -0.25) is 11.3 Å². The highest BCUT2D eigenvalue weighted by Crippen LogP contribution is 2.18. The van der Waals surface area contributed by atoms with Crippen molar-refractivity contribution in [2.75, 3.05) is 6.61 Å². The minimum absolute atomic E-state index is 0.143. The second-order valence-electron chi connectivity index (χ2n) is 4.47. The first-order chi connectivity index (χ1) is 5.38. The third kappa shape index (κ3) is 4.70. The number of hydrazine groups is 1. The molecular weight excluding hydrogens is 152 g/mol. The second-order valence-corrected chi connectivity index (χ2v) is 4.47. The van der Waals surface area contributed by atoms with E-state index >= 15 is 0 Å². The molecule has 0 saturated carbocycles. The molecule has 1 unspecified atom stereocenters. The van der Waals surface area contributed by atoms with Crippen LogP contribution in [0.25, 0.3) is 0 Å². The maximum Gasteiger partial charge on any atom is 0.0641 e. The Balaban J connectivity index is 3.84. The molecule has 0 aromatic rings. The van der Waals surface area contributed by atoms with E-state index in [1.165, 1.54) is 0 Å². The van der Waals surface area contributed by atoms with Crippen molar-refractivity contribution in [2.24, 2.45) is 11.3 Å². The molecule has 3 nitrogen and oxygen atoms in total. The van der Waals surface area contributed by atoms with E-state index in [4.69, 9.17) is 10.6 Å². The van der Waals surface area contributed by atoms with Crippen LogP contribution >= 0.6 is 0 Å². The molecule has 3 heteroatoms. The van der Waals surface area contributed by atoms with Crippen molar-refractivity contribution >= 4 is 0 Å². The summed E-state index contributed by atoms with van der Waals surface area (Å²) in [5, 5.41) is 0. The third-order valence-corrected chi connectivity index (χ3v) is 1.84. The normalized spacial score (nSPS) is 15.2. The lowest BCUT2D eigenvalue weighted by Crippen LogP contribution is -2.47. The lowest BCUT2D eigenvalue weighted by Gasteiger charge is -2.30. The summed E-state index contributed by atoms with van der Waals surface area (Å²) in [4.78, 5) is 0. The van der Waals surface area contributed by atoms with Crippen LogP contribution in [0.4, 0.5) is 0 Å². The van der Waals surface area contributed by atoms with Crippen LogP contribution in [0.2, 0.25) is 0 Å². The van der Waals surface area contributed by atoms with Gasteiger partial charge in [-0.15, -0.1) is 0 Å². The molecule has 0 aliphatic heterocycles. The number of nitrogens with one attached hydrogen (secondary N) is 1. The van der Waals surface area contributed by atoms with Crippen LogP contribution in [0.1, 0.15) is 34.6 Å². The second kappa shape index (κ2) is 4.80. The molecule has 3 N–H and O–H groups in total. The zero-order chi connectivity index (χ0) is 9.78. The van der Waals surface area contributed by atoms with Gasteiger partial charge in [0, 0.05) is 6.04 Å². The van der Waals surface area contributed by atoms with Crippen molar-refractivity contribution < 1.29 is 4.74 Å². The highest BCUT2D eigenvalue weighted by molar-refractivity contribution is 4.78. The van der Waals surface area contributed by atoms with Gasteiger partial charge >= 0.3 is 0 Å². The van der Waals surface area contributed by atoms with E-state index in [0.29, 0.717) is 6.61 Å². The van der Waals surface area contributed by atoms with Crippen molar-refractivity contribution in [2.45, 2.75) is 46.8 Å². The Labute approximate surface area is 75.6 Å². The van der Waals surface area contributed by atoms with Gasteiger partial charge in [0.25, 0.3) is 0 Å². The monoisotopic (exact) mass is 174 g/mol. The molecule has 0 aromatic heterocycles. The molecule has 0 bridgehead atoms. The Morgan fingerprint density at radius 1 is 1.33 bits per heavy atom. The molecule has 0 heterocycles. The van der Waals surface area contributed by atoms with E-state index in [2.05, 4.69) is 26.2 Å². The van der Waals surface area contributed by atoms with E-state index in [-0.39, 0.29) is 17.6 Å². The average molecular weight is 174 g/mol. The lowest BCUT2D eigenvalue weighted by molar-refractivity contribution is 0.0360. The predicted octanol–water partition coefficient (Wildman–Crippen LogP) is 1.29. The number of hydrogen-bond donors (Lipinski definition) is 2. The maximum atomic E-state index is 5.48. The van der Waals surface area contributed by atoms with Crippen LogP contribution in [0, 0.1) is 5.41 Å². The molecule has 0 aliphatic rings. The first-order valence-corrected chi connectivity index (χ1v) is 4.45. The maximum absolute atomic E-state index is 5.48. The largest absolute Gasteiger partial charge is 0.377 e. The Bertz CT molecular complexity index is 118. The summed E-state index contributed by atoms with van der Waals surface area (Å²) in [5.41, 5.74) is 2.91. The van der Waals surface area contributed by atoms with Crippen LogP contribution in [-0.4, -0.2) is 18.8 Å². The fourth-order valence-electron chi connectivity index (χ4n) is 0.837. The van der Waals surface area contributed by atoms with Crippen molar-refractivity contribution in [3.05, 3.63) is 0 Å². The van der Waals surface area contributed by atoms with Gasteiger partial charge in [0.2, 0.25) is 0 Å². The first kappa shape index (κ1) is 11.9. The summed E-state index contributed by atoms with van der Waals surface area (Å²) < 4.78 is 5.48. The fourth-order valence-corrected chi connectivity index (χ4v) is 0.837. The fraction of sp³-hybridized carbons (Fsp3) is 1.00. The zero-order valence-corrected chi connectivity index (χ0v) is 8.85. The first-order valence-electron chi connectivity index (χ1n) is 4.45. The van der Waals surface area contributed by atoms with E-state index in [0.717, 1.165) is 0 Å². The highest BCUT2D eigenvalue weighted by atomic mass is 16.5. The van der Waals surface area contributed by atoms with Crippen molar-refractivity contribution in [1.82, 2.24) is 5.43 Å². The lowest BCUT2D eigenvalue weighted by atomic mass is 9.88. The van der Waals surface area contributed by atoms with Crippen LogP contribution < -0.4 is 11.3 Å². The minimum atomic E-state index is 0.143. The van der Waals surface area contributed by atoms with E-state index in [9.17, 15) is 0 Å². The summed E-state index contributed by atoms with van der Waals surface area (Å²) >= 11 is 0. The van der Waals surface area contributed by atoms with Gasteiger partial charge < -0.3 is 4.74 Å². The van der Waals surface area contributed by atoms with Crippen LogP contribution in [-0.2, 0) is 4.74 Å². The zero-order valence-electron chi connectivity index (χ0n) is 8.85. The van der Waals surface area contributed by atoms with E-state index in [1.54, 1.807) is 0 Å². The van der Waals surface area contributed by atoms with Crippen LogP contribution in [0.3, 0.4) is 0 Å². The summed E-state index contributed by atoms with van der Waals surface area (Å²) in [6.07, 6.45) is 0.267. The molecule has 12 heavy (non-hydrogen) atoms. The van der Waals surface area contributed by atoms with Gasteiger partial charge in [-0.05, 0) is 19.3 Å². The SMILES string of the molecule is CC(C)OCC(NN)C(C)(C)C. The molecule has 0 rings (SSSR count). The third-order valence-electron chi connectivity index (χ3n) is 1.84.